The van der Waals surface area contributed by atoms with Crippen LogP contribution in [0.15, 0.2) is 146 Å². The molecule has 0 aliphatic rings. The van der Waals surface area contributed by atoms with Gasteiger partial charge in [-0.2, -0.15) is 0 Å². The first kappa shape index (κ1) is 69.9. The summed E-state index contributed by atoms with van der Waals surface area (Å²) in [5, 5.41) is 118. The highest BCUT2D eigenvalue weighted by Crippen LogP contribution is 2.40. The zero-order valence-corrected chi connectivity index (χ0v) is 52.1. The highest BCUT2D eigenvalue weighted by molar-refractivity contribution is 5.53. The quantitative estimate of drug-likeness (QED) is 0.0132. The molecule has 0 aliphatic carbocycles. The molecule has 92 heavy (non-hydrogen) atoms. The predicted octanol–water partition coefficient (Wildman–Crippen LogP) is 12.3. The number of rotatable bonds is 34. The van der Waals surface area contributed by atoms with Crippen LogP contribution in [0.4, 0.5) is 0 Å². The molecule has 0 aromatic heterocycles. The van der Waals surface area contributed by atoms with Gasteiger partial charge in [0.1, 0.15) is 23.0 Å². The molecule has 4 atom stereocenters. The molecule has 0 saturated carbocycles. The van der Waals surface area contributed by atoms with Crippen LogP contribution in [0, 0.1) is 23.7 Å². The fraction of sp³-hybridized carbons (Fsp3) is 0.333. The van der Waals surface area contributed by atoms with E-state index in [1.54, 1.807) is 28.4 Å². The molecule has 8 rings (SSSR count). The molecule has 0 aliphatic heterocycles. The Morgan fingerprint density at radius 3 is 0.739 bits per heavy atom. The van der Waals surface area contributed by atoms with Gasteiger partial charge < -0.3 is 99.2 Å². The SMILES string of the molecule is COc1cccc(C[C@@H](CCCOCc2cc(O)c(O)c(O)c2)[C@H](COCc2cc(O)c(O)c(O)c2)Cc2cccc(OC)c2)c1.COc1cccc(C[C@H](CCCOCc2cc(O)c(O)c(O)c2)[C@@H](COCc2cc(O)c(O)c(O)c2)Cc2cccc(OC)c2)c1. The lowest BCUT2D eigenvalue weighted by Crippen LogP contribution is -2.25. The third kappa shape index (κ3) is 21.3. The number of phenolic OH excluding ortho intramolecular Hbond substituents is 12. The van der Waals surface area contributed by atoms with Gasteiger partial charge in [0.15, 0.2) is 69.0 Å². The number of ether oxygens (including phenoxy) is 8. The number of methoxy groups -OCH3 is 4. The van der Waals surface area contributed by atoms with Crippen molar-refractivity contribution in [3.8, 4) is 92.0 Å². The maximum atomic E-state index is 9.95. The first-order valence-electron chi connectivity index (χ1n) is 30.1. The smallest absolute Gasteiger partial charge is 0.200 e. The Labute approximate surface area is 535 Å². The second-order valence-electron chi connectivity index (χ2n) is 22.6. The van der Waals surface area contributed by atoms with Gasteiger partial charge in [-0.3, -0.25) is 0 Å². The Balaban J connectivity index is 0.000000261. The van der Waals surface area contributed by atoms with Crippen molar-refractivity contribution >= 4 is 0 Å². The van der Waals surface area contributed by atoms with Crippen LogP contribution < -0.4 is 18.9 Å². The van der Waals surface area contributed by atoms with Gasteiger partial charge in [0.25, 0.3) is 0 Å². The van der Waals surface area contributed by atoms with Crippen LogP contribution in [0.1, 0.15) is 70.2 Å². The second kappa shape index (κ2) is 35.1. The minimum absolute atomic E-state index is 0.0450. The minimum atomic E-state index is -0.570. The monoisotopic (exact) mass is 1270 g/mol. The van der Waals surface area contributed by atoms with Gasteiger partial charge in [0, 0.05) is 13.2 Å². The zero-order valence-electron chi connectivity index (χ0n) is 52.1. The Kier molecular flexibility index (Phi) is 26.7. The molecule has 8 aromatic rings. The minimum Gasteiger partial charge on any atom is -0.504 e. The second-order valence-corrected chi connectivity index (χ2v) is 22.6. The summed E-state index contributed by atoms with van der Waals surface area (Å²) in [7, 11) is 6.54. The summed E-state index contributed by atoms with van der Waals surface area (Å²) in [5.41, 5.74) is 6.54. The van der Waals surface area contributed by atoms with Gasteiger partial charge in [-0.15, -0.1) is 0 Å². The third-order valence-corrected chi connectivity index (χ3v) is 15.8. The van der Waals surface area contributed by atoms with E-state index in [1.165, 1.54) is 48.5 Å². The number of aromatic hydroxyl groups is 12. The van der Waals surface area contributed by atoms with Gasteiger partial charge in [-0.25, -0.2) is 0 Å². The van der Waals surface area contributed by atoms with Crippen LogP contribution >= 0.6 is 0 Å². The van der Waals surface area contributed by atoms with Gasteiger partial charge in [-0.05, 0) is 217 Å². The van der Waals surface area contributed by atoms with E-state index in [4.69, 9.17) is 37.9 Å². The average molecular weight is 1270 g/mol. The van der Waals surface area contributed by atoms with E-state index in [9.17, 15) is 61.3 Å². The molecule has 492 valence electrons. The molecule has 0 bridgehead atoms. The highest BCUT2D eigenvalue weighted by Gasteiger charge is 2.26. The molecule has 12 N–H and O–H groups in total. The topological polar surface area (TPSA) is 317 Å². The average Bonchev–Trinajstić information content (AvgIpc) is 2.22. The lowest BCUT2D eigenvalue weighted by atomic mass is 9.80. The van der Waals surface area contributed by atoms with Crippen LogP contribution in [0.3, 0.4) is 0 Å². The Hall–Kier alpha value is -9.60. The fourth-order valence-electron chi connectivity index (χ4n) is 11.0. The Morgan fingerprint density at radius 2 is 0.500 bits per heavy atom. The maximum absolute atomic E-state index is 9.95. The molecule has 20 heteroatoms. The van der Waals surface area contributed by atoms with Crippen molar-refractivity contribution in [2.45, 2.75) is 77.8 Å². The summed E-state index contributed by atoms with van der Waals surface area (Å²) in [4.78, 5) is 0. The van der Waals surface area contributed by atoms with Gasteiger partial charge in [-0.1, -0.05) is 48.5 Å². The van der Waals surface area contributed by atoms with E-state index in [0.29, 0.717) is 61.5 Å². The van der Waals surface area contributed by atoms with Gasteiger partial charge in [0.05, 0.1) is 68.1 Å². The number of hydrogen-bond donors (Lipinski definition) is 12. The fourth-order valence-corrected chi connectivity index (χ4v) is 11.0. The summed E-state index contributed by atoms with van der Waals surface area (Å²) in [6.45, 7) is 2.16. The lowest BCUT2D eigenvalue weighted by molar-refractivity contribution is 0.0578. The molecule has 0 radical (unpaired) electrons. The first-order chi connectivity index (χ1) is 44.3. The first-order valence-corrected chi connectivity index (χ1v) is 30.1. The maximum Gasteiger partial charge on any atom is 0.200 e. The summed E-state index contributed by atoms with van der Waals surface area (Å²) in [5.74, 6) is -2.12. The Bertz CT molecular complexity index is 3280. The molecule has 0 heterocycles. The Morgan fingerprint density at radius 1 is 0.272 bits per heavy atom. The normalized spacial score (nSPS) is 12.5. The van der Waals surface area contributed by atoms with Crippen molar-refractivity contribution in [2.24, 2.45) is 23.7 Å². The van der Waals surface area contributed by atoms with E-state index in [-0.39, 0.29) is 50.1 Å². The van der Waals surface area contributed by atoms with E-state index in [1.807, 2.05) is 72.8 Å². The zero-order chi connectivity index (χ0) is 66.1. The van der Waals surface area contributed by atoms with Crippen LogP contribution in [0.25, 0.3) is 0 Å². The van der Waals surface area contributed by atoms with E-state index in [2.05, 4.69) is 24.3 Å². The summed E-state index contributed by atoms with van der Waals surface area (Å²) in [6, 6.07) is 42.7. The van der Waals surface area contributed by atoms with Crippen molar-refractivity contribution in [2.75, 3.05) is 54.9 Å². The molecule has 0 fully saturated rings. The van der Waals surface area contributed by atoms with E-state index < -0.39 is 69.0 Å². The van der Waals surface area contributed by atoms with Crippen molar-refractivity contribution in [1.82, 2.24) is 0 Å². The predicted molar refractivity (Wildman–Crippen MR) is 344 cm³/mol. The summed E-state index contributed by atoms with van der Waals surface area (Å²) < 4.78 is 46.0. The van der Waals surface area contributed by atoms with Crippen molar-refractivity contribution in [3.05, 3.63) is 190 Å². The molecule has 8 aromatic carbocycles. The van der Waals surface area contributed by atoms with Crippen LogP contribution in [-0.2, 0) is 71.1 Å². The van der Waals surface area contributed by atoms with Gasteiger partial charge in [0.2, 0.25) is 0 Å². The van der Waals surface area contributed by atoms with Crippen LogP contribution in [0.2, 0.25) is 0 Å². The standard InChI is InChI=1S/2C36H42O10/c2*1-43-29-9-3-6-23(14-29)12-27(8-5-11-45-20-25-16-31(37)35(41)32(38)17-25)28(13-24-7-4-10-30(15-24)44-2)22-46-21-26-18-33(39)36(42)34(40)19-26/h2*3-4,6-7,9-10,14-19,27-28,37-42H,5,8,11-13,20-22H2,1-2H3/t2*27-,28+/m10/s1. The molecule has 0 saturated heterocycles. The van der Waals surface area contributed by atoms with Crippen LogP contribution in [0.5, 0.6) is 92.0 Å². The van der Waals surface area contributed by atoms with Crippen molar-refractivity contribution in [3.63, 3.8) is 0 Å². The molecule has 0 spiro atoms. The number of hydrogen-bond acceptors (Lipinski definition) is 20. The largest absolute Gasteiger partial charge is 0.504 e. The van der Waals surface area contributed by atoms with Crippen molar-refractivity contribution < 1.29 is 99.2 Å². The third-order valence-electron chi connectivity index (χ3n) is 15.8. The van der Waals surface area contributed by atoms with E-state index in [0.717, 1.165) is 83.8 Å². The number of phenols is 12. The summed E-state index contributed by atoms with van der Waals surface area (Å²) >= 11 is 0. The highest BCUT2D eigenvalue weighted by atomic mass is 16.5. The molecule has 0 unspecified atom stereocenters. The molecule has 20 nitrogen and oxygen atoms in total. The van der Waals surface area contributed by atoms with Crippen molar-refractivity contribution in [1.29, 1.82) is 0 Å². The van der Waals surface area contributed by atoms with E-state index >= 15 is 0 Å². The molecular weight excluding hydrogens is 1180 g/mol. The van der Waals surface area contributed by atoms with Crippen LogP contribution in [-0.4, -0.2) is 116 Å². The molecule has 0 amide bonds. The van der Waals surface area contributed by atoms with Gasteiger partial charge >= 0.3 is 0 Å². The lowest BCUT2D eigenvalue weighted by Gasteiger charge is -2.28. The summed E-state index contributed by atoms with van der Waals surface area (Å²) in [6.07, 6.45) is 5.92. The number of benzene rings is 8. The molecular formula is C72H84O20.